The van der Waals surface area contributed by atoms with Gasteiger partial charge in [0.1, 0.15) is 0 Å². The zero-order chi connectivity index (χ0) is 0. The average molecular weight is 2980 g/mol. The van der Waals surface area contributed by atoms with Gasteiger partial charge in [0, 0.05) is 253 Å². The van der Waals surface area contributed by atoms with E-state index in [1.54, 1.807) is 0 Å². The van der Waals surface area contributed by atoms with Gasteiger partial charge in [0.2, 0.25) is 0 Å². The van der Waals surface area contributed by atoms with E-state index >= 15 is 0 Å². The smallest absolute Gasteiger partial charge is 1.00 e. The van der Waals surface area contributed by atoms with Crippen LogP contribution < -0.4 is 177 Å². The quantitative estimate of drug-likeness (QED) is 0.204. The Morgan fingerprint density at radius 1 is 0.0517 bits per heavy atom. The van der Waals surface area contributed by atoms with Crippen molar-refractivity contribution in [1.82, 2.24) is 0 Å². The summed E-state index contributed by atoms with van der Waals surface area (Å²) in [5.74, 6) is 0. The molecule has 0 aliphatic heterocycles. The van der Waals surface area contributed by atoms with Crippen molar-refractivity contribution in [3.8, 4) is 0 Å². The van der Waals surface area contributed by atoms with Crippen LogP contribution in [-0.2, 0) is 472 Å². The summed E-state index contributed by atoms with van der Waals surface area (Å²) in [6, 6.07) is 0. The second-order valence-electron chi connectivity index (χ2n) is 0. The van der Waals surface area contributed by atoms with Gasteiger partial charge < -0.3 is 219 Å². The molecule has 0 atom stereocenters. The van der Waals surface area contributed by atoms with Gasteiger partial charge in [-0.3, -0.25) is 0 Å². The van der Waals surface area contributed by atoms with Crippen LogP contribution in [0.2, 0.25) is 0 Å². The zero-order valence-corrected chi connectivity index (χ0v) is 74.4. The molecule has 58 heteroatoms. The summed E-state index contributed by atoms with van der Waals surface area (Å²) in [5.41, 5.74) is 0. The largest absolute Gasteiger partial charge is 2.00 e. The molecule has 58 heavy (non-hydrogen) atoms. The molecule has 0 rings (SSSR count). The molecule has 0 spiro atoms. The predicted molar refractivity (Wildman–Crippen MR) is 27.5 cm³/mol. The summed E-state index contributed by atoms with van der Waals surface area (Å²) in [6.07, 6.45) is 0. The number of rotatable bonds is 0. The van der Waals surface area contributed by atoms with Gasteiger partial charge in [0.15, 0.2) is 0 Å². The number of hydrogen-bond donors (Lipinski definition) is 0. The molecular weight excluding hydrogens is 2980 g/mol. The third-order valence-electron chi connectivity index (χ3n) is 0. The van der Waals surface area contributed by atoms with Crippen LogP contribution in [0.1, 0.15) is 0 Å². The average Bonchev–Trinajstić information content (AvgIpc) is 0. The Hall–Kier alpha value is 12.7. The van der Waals surface area contributed by atoms with Crippen molar-refractivity contribution in [3.05, 3.63) is 0 Å². The molecule has 0 N–H and O–H groups in total. The molecule has 0 aromatic rings. The van der Waals surface area contributed by atoms with E-state index < -0.39 is 0 Å². The first kappa shape index (κ1) is 2140. The Kier molecular flexibility index (Phi) is 75600. The van der Waals surface area contributed by atoms with E-state index in [-0.39, 0.29) is 649 Å². The van der Waals surface area contributed by atoms with Crippen LogP contribution in [0.25, 0.3) is 0 Å². The molecule has 0 unspecified atom stereocenters. The molecule has 40 nitrogen and oxygen atoms in total. The zero-order valence-electron chi connectivity index (χ0n) is 27.2. The van der Waals surface area contributed by atoms with Gasteiger partial charge in [-0.05, 0) is 0 Å². The fraction of sp³-hybridized carbons (Fsp3) is 0. The Balaban J connectivity index is 0. The Bertz CT molecular complexity index is 68.4. The molecule has 0 saturated carbocycles. The Labute approximate surface area is 636 Å². The van der Waals surface area contributed by atoms with Gasteiger partial charge in [0.25, 0.3) is 0 Å². The molecule has 0 amide bonds. The maximum Gasteiger partial charge on any atom is 1.00 e. The van der Waals surface area contributed by atoms with Crippen LogP contribution in [0.5, 0.6) is 0 Å². The van der Waals surface area contributed by atoms with Gasteiger partial charge in [-0.25, -0.2) is 0 Å². The van der Waals surface area contributed by atoms with Crippen LogP contribution >= 0.6 is 0 Å². The van der Waals surface area contributed by atoms with Crippen molar-refractivity contribution in [2.45, 2.75) is 0 Å². The summed E-state index contributed by atoms with van der Waals surface area (Å²) >= 11 is 0. The summed E-state index contributed by atoms with van der Waals surface area (Å²) in [6.45, 7) is 0. The van der Waals surface area contributed by atoms with Crippen molar-refractivity contribution >= 4 is 0 Å². The molecule has 0 heterocycles. The second kappa shape index (κ2) is 2050. The minimum absolute atomic E-state index is 0. The molecule has 392 valence electrons. The molecule has 0 aliphatic carbocycles. The fourth-order valence-corrected chi connectivity index (χ4v) is 0. The minimum atomic E-state index is 0. The van der Waals surface area contributed by atoms with E-state index in [0.29, 0.717) is 0 Å². The van der Waals surface area contributed by atoms with Crippen LogP contribution in [-0.4, -0.2) is 0 Å². The van der Waals surface area contributed by atoms with Crippen molar-refractivity contribution in [2.75, 3.05) is 0 Å². The molecule has 0 aromatic carbocycles. The first-order chi connectivity index (χ1) is 0. The SMILES string of the molecule is [Na+].[Na+].[Na+].[Na+].[Na+].[Na+].[O-2].[O-2].[O-2].[O-2].[O-2].[O-2].[O-2].[O-2].[O-2].[O-2].[O-2].[O-2].[O-2].[O-2].[O-2].[O-2].[O-2].[O-2].[O-2].[O-2].[O-2].[O-2].[O-2].[O-2].[O-2].[O-2].[O-2].[O-2].[O-2].[O-2].[O-2].[O-2].[O-2].[O-2].[O-2].[O-2].[O-2].[O-2].[O-2].[O-2].[W].[W].[W].[W].[W].[W].[W].[W].[W].[W].[W].[W]. The van der Waals surface area contributed by atoms with E-state index in [1.165, 1.54) is 0 Å². The minimum Gasteiger partial charge on any atom is -2.00 e. The van der Waals surface area contributed by atoms with Crippen molar-refractivity contribution < 1.29 is 649 Å². The van der Waals surface area contributed by atoms with Crippen molar-refractivity contribution in [1.29, 1.82) is 0 Å². The van der Waals surface area contributed by atoms with E-state index in [2.05, 4.69) is 0 Å². The summed E-state index contributed by atoms with van der Waals surface area (Å²) < 4.78 is 0. The summed E-state index contributed by atoms with van der Waals surface area (Å²) in [7, 11) is 0. The van der Waals surface area contributed by atoms with E-state index in [4.69, 9.17) is 0 Å². The number of hydrogen-bond acceptors (Lipinski definition) is 0. The van der Waals surface area contributed by atoms with E-state index in [1.807, 2.05) is 0 Å². The predicted octanol–water partition coefficient (Wildman–Crippen LogP) is -22.8. The maximum atomic E-state index is 0. The topological polar surface area (TPSA) is 1140 Å². The van der Waals surface area contributed by atoms with Gasteiger partial charge in [-0.15, -0.1) is 0 Å². The van der Waals surface area contributed by atoms with Crippen LogP contribution in [0.3, 0.4) is 0 Å². The fourth-order valence-electron chi connectivity index (χ4n) is 0. The van der Waals surface area contributed by atoms with Crippen LogP contribution in [0.4, 0.5) is 0 Å². The molecule has 0 radical (unpaired) electrons. The molecule has 0 aromatic heterocycles. The van der Waals surface area contributed by atoms with E-state index in [9.17, 15) is 0 Å². The van der Waals surface area contributed by atoms with Gasteiger partial charge >= 0.3 is 177 Å². The first-order valence-electron chi connectivity index (χ1n) is 0. The Morgan fingerprint density at radius 3 is 0.0517 bits per heavy atom. The third kappa shape index (κ3) is 1960. The van der Waals surface area contributed by atoms with Crippen molar-refractivity contribution in [2.24, 2.45) is 0 Å². The second-order valence-corrected chi connectivity index (χ2v) is 0. The molecule has 0 aliphatic rings. The summed E-state index contributed by atoms with van der Waals surface area (Å²) in [4.78, 5) is 0. The van der Waals surface area contributed by atoms with Gasteiger partial charge in [-0.1, -0.05) is 0 Å². The standard InChI is InChI=1S/6Na.40O.12W/q6*+1;40*-2;;;;;;;;;;;;. The van der Waals surface area contributed by atoms with Crippen LogP contribution in [0.15, 0.2) is 0 Å². The first-order valence-corrected chi connectivity index (χ1v) is 0. The molecule has 0 saturated heterocycles. The molecular formula is Na6O40W12-74. The summed E-state index contributed by atoms with van der Waals surface area (Å²) in [5, 5.41) is 0. The normalized spacial score (nSPS) is 0. The van der Waals surface area contributed by atoms with E-state index in [0.717, 1.165) is 0 Å². The van der Waals surface area contributed by atoms with Gasteiger partial charge in [0.05, 0.1) is 0 Å². The van der Waals surface area contributed by atoms with Crippen molar-refractivity contribution in [3.63, 3.8) is 0 Å². The third-order valence-corrected chi connectivity index (χ3v) is 0. The monoisotopic (exact) mass is 2990 g/mol. The molecule has 0 bridgehead atoms. The van der Waals surface area contributed by atoms with Gasteiger partial charge in [-0.2, -0.15) is 0 Å². The van der Waals surface area contributed by atoms with Crippen LogP contribution in [0, 0.1) is 0 Å². The molecule has 0 fully saturated rings. The Morgan fingerprint density at radius 2 is 0.0517 bits per heavy atom. The maximum absolute atomic E-state index is 0.